The van der Waals surface area contributed by atoms with Crippen LogP contribution in [0.25, 0.3) is 0 Å². The number of nitrogens with zero attached hydrogens (tertiary/aromatic N) is 2. The van der Waals surface area contributed by atoms with Crippen molar-refractivity contribution in [1.29, 1.82) is 0 Å². The Morgan fingerprint density at radius 3 is 2.59 bits per heavy atom. The van der Waals surface area contributed by atoms with E-state index in [4.69, 9.17) is 16.3 Å². The van der Waals surface area contributed by atoms with Crippen molar-refractivity contribution in [2.45, 2.75) is 0 Å². The van der Waals surface area contributed by atoms with Crippen molar-refractivity contribution in [3.8, 4) is 5.75 Å². The number of nitrogens with one attached hydrogen (secondary N) is 1. The molecule has 1 fully saturated rings. The van der Waals surface area contributed by atoms with Gasteiger partial charge in [-0.05, 0) is 24.3 Å². The van der Waals surface area contributed by atoms with Crippen molar-refractivity contribution in [2.75, 3.05) is 33.3 Å². The maximum absolute atomic E-state index is 11.7. The van der Waals surface area contributed by atoms with Crippen molar-refractivity contribution in [3.05, 3.63) is 29.3 Å². The Kier molecular flexibility index (Phi) is 5.21. The van der Waals surface area contributed by atoms with Gasteiger partial charge in [-0.25, -0.2) is 4.79 Å². The predicted octanol–water partition coefficient (Wildman–Crippen LogP) is 0.729. The van der Waals surface area contributed by atoms with Crippen LogP contribution in [0.15, 0.2) is 24.3 Å². The third-order valence-electron chi connectivity index (χ3n) is 3.04. The third kappa shape index (κ3) is 4.11. The molecule has 0 aliphatic carbocycles. The first-order chi connectivity index (χ1) is 10.5. The number of urea groups is 1. The van der Waals surface area contributed by atoms with E-state index in [2.05, 4.69) is 5.32 Å². The fraction of sp³-hybridized carbons (Fsp3) is 0.357. The Balaban J connectivity index is 1.69. The monoisotopic (exact) mass is 325 g/mol. The summed E-state index contributed by atoms with van der Waals surface area (Å²) in [6.45, 7) is 0.275. The second-order valence-electron chi connectivity index (χ2n) is 4.77. The molecule has 0 radical (unpaired) electrons. The van der Waals surface area contributed by atoms with E-state index in [1.807, 2.05) is 0 Å². The first kappa shape index (κ1) is 16.1. The summed E-state index contributed by atoms with van der Waals surface area (Å²) in [7, 11) is 1.51. The van der Waals surface area contributed by atoms with E-state index >= 15 is 0 Å². The molecule has 1 aliphatic rings. The molecule has 0 atom stereocenters. The molecule has 1 heterocycles. The van der Waals surface area contributed by atoms with Gasteiger partial charge in [-0.2, -0.15) is 0 Å². The molecule has 2 rings (SSSR count). The maximum atomic E-state index is 11.7. The van der Waals surface area contributed by atoms with Crippen molar-refractivity contribution in [2.24, 2.45) is 0 Å². The molecule has 0 unspecified atom stereocenters. The number of carbonyl (C=O) groups is 3. The Bertz CT molecular complexity index is 576. The standard InChI is InChI=1S/C14H16ClN3O4/c1-17-9-13(20)18(14(17)21)8-12(19)16-6-7-22-11-4-2-10(15)3-5-11/h2-5H,6-9H2,1H3,(H,16,19). The molecule has 118 valence electrons. The molecule has 1 aliphatic heterocycles. The molecule has 8 heteroatoms. The molecular formula is C14H16ClN3O4. The van der Waals surface area contributed by atoms with Crippen LogP contribution in [0, 0.1) is 0 Å². The summed E-state index contributed by atoms with van der Waals surface area (Å²) in [4.78, 5) is 37.0. The van der Waals surface area contributed by atoms with Crippen LogP contribution in [-0.2, 0) is 9.59 Å². The minimum Gasteiger partial charge on any atom is -0.492 e. The number of rotatable bonds is 6. The summed E-state index contributed by atoms with van der Waals surface area (Å²) in [5.74, 6) is -0.137. The largest absolute Gasteiger partial charge is 0.492 e. The number of hydrogen-bond donors (Lipinski definition) is 1. The van der Waals surface area contributed by atoms with Crippen LogP contribution in [0.2, 0.25) is 5.02 Å². The zero-order valence-electron chi connectivity index (χ0n) is 12.0. The number of ether oxygens (including phenoxy) is 1. The van der Waals surface area contributed by atoms with Crippen LogP contribution >= 0.6 is 11.6 Å². The Morgan fingerprint density at radius 2 is 2.00 bits per heavy atom. The summed E-state index contributed by atoms with van der Waals surface area (Å²) < 4.78 is 5.41. The van der Waals surface area contributed by atoms with Gasteiger partial charge in [0.1, 0.15) is 25.4 Å². The van der Waals surface area contributed by atoms with Crippen molar-refractivity contribution in [3.63, 3.8) is 0 Å². The summed E-state index contributed by atoms with van der Waals surface area (Å²) in [5.41, 5.74) is 0. The third-order valence-corrected chi connectivity index (χ3v) is 3.29. The molecule has 0 saturated carbocycles. The normalized spacial score (nSPS) is 14.5. The quantitative estimate of drug-likeness (QED) is 0.618. The van der Waals surface area contributed by atoms with Crippen LogP contribution in [0.3, 0.4) is 0 Å². The first-order valence-electron chi connectivity index (χ1n) is 6.68. The van der Waals surface area contributed by atoms with Gasteiger partial charge in [0.25, 0.3) is 5.91 Å². The highest BCUT2D eigenvalue weighted by atomic mass is 35.5. The van der Waals surface area contributed by atoms with E-state index in [-0.39, 0.29) is 32.1 Å². The Labute approximate surface area is 132 Å². The molecule has 1 aromatic rings. The second-order valence-corrected chi connectivity index (χ2v) is 5.21. The zero-order chi connectivity index (χ0) is 16.1. The average molecular weight is 326 g/mol. The van der Waals surface area contributed by atoms with Crippen LogP contribution in [0.1, 0.15) is 0 Å². The molecule has 1 saturated heterocycles. The molecule has 1 N–H and O–H groups in total. The van der Waals surface area contributed by atoms with Crippen LogP contribution in [0.4, 0.5) is 4.79 Å². The number of likely N-dealkylation sites (N-methyl/N-ethyl adjacent to an activating group) is 1. The lowest BCUT2D eigenvalue weighted by molar-refractivity contribution is -0.130. The van der Waals surface area contributed by atoms with Crippen molar-refractivity contribution >= 4 is 29.4 Å². The SMILES string of the molecule is CN1CC(=O)N(CC(=O)NCCOc2ccc(Cl)cc2)C1=O. The van der Waals surface area contributed by atoms with Crippen molar-refractivity contribution < 1.29 is 19.1 Å². The maximum Gasteiger partial charge on any atom is 0.327 e. The van der Waals surface area contributed by atoms with Crippen LogP contribution in [0.5, 0.6) is 5.75 Å². The van der Waals surface area contributed by atoms with Gasteiger partial charge in [-0.3, -0.25) is 14.5 Å². The predicted molar refractivity (Wildman–Crippen MR) is 79.7 cm³/mol. The fourth-order valence-corrected chi connectivity index (χ4v) is 2.04. The minimum absolute atomic E-state index is 0.00575. The summed E-state index contributed by atoms with van der Waals surface area (Å²) >= 11 is 5.75. The van der Waals surface area contributed by atoms with Gasteiger partial charge < -0.3 is 15.0 Å². The van der Waals surface area contributed by atoms with Gasteiger partial charge in [-0.15, -0.1) is 0 Å². The molecule has 0 spiro atoms. The van der Waals surface area contributed by atoms with Gasteiger partial charge in [0.2, 0.25) is 5.91 Å². The van der Waals surface area contributed by atoms with E-state index < -0.39 is 11.9 Å². The highest BCUT2D eigenvalue weighted by molar-refractivity contribution is 6.30. The molecule has 4 amide bonds. The van der Waals surface area contributed by atoms with Gasteiger partial charge >= 0.3 is 6.03 Å². The molecular weight excluding hydrogens is 310 g/mol. The van der Waals surface area contributed by atoms with Crippen molar-refractivity contribution in [1.82, 2.24) is 15.1 Å². The summed E-state index contributed by atoms with van der Waals surface area (Å²) in [6.07, 6.45) is 0. The molecule has 0 bridgehead atoms. The minimum atomic E-state index is -0.461. The number of hydrogen-bond acceptors (Lipinski definition) is 4. The van der Waals surface area contributed by atoms with E-state index in [1.54, 1.807) is 24.3 Å². The Hall–Kier alpha value is -2.28. The number of carbonyl (C=O) groups excluding carboxylic acids is 3. The van der Waals surface area contributed by atoms with Gasteiger partial charge in [0.15, 0.2) is 0 Å². The molecule has 22 heavy (non-hydrogen) atoms. The molecule has 0 aromatic heterocycles. The Morgan fingerprint density at radius 1 is 1.32 bits per heavy atom. The van der Waals surface area contributed by atoms with Gasteiger partial charge in [-0.1, -0.05) is 11.6 Å². The highest BCUT2D eigenvalue weighted by Crippen LogP contribution is 2.15. The highest BCUT2D eigenvalue weighted by Gasteiger charge is 2.34. The van der Waals surface area contributed by atoms with E-state index in [9.17, 15) is 14.4 Å². The number of amides is 4. The fourth-order valence-electron chi connectivity index (χ4n) is 1.91. The van der Waals surface area contributed by atoms with E-state index in [1.165, 1.54) is 11.9 Å². The summed E-state index contributed by atoms with van der Waals surface area (Å²) in [5, 5.41) is 3.21. The smallest absolute Gasteiger partial charge is 0.327 e. The number of benzene rings is 1. The topological polar surface area (TPSA) is 79.0 Å². The van der Waals surface area contributed by atoms with E-state index in [0.29, 0.717) is 10.8 Å². The first-order valence-corrected chi connectivity index (χ1v) is 7.05. The number of imide groups is 1. The zero-order valence-corrected chi connectivity index (χ0v) is 12.8. The lowest BCUT2D eigenvalue weighted by Crippen LogP contribution is -2.42. The van der Waals surface area contributed by atoms with Crippen LogP contribution in [-0.4, -0.2) is 60.9 Å². The number of halogens is 1. The lowest BCUT2D eigenvalue weighted by atomic mass is 10.3. The second kappa shape index (κ2) is 7.13. The average Bonchev–Trinajstić information content (AvgIpc) is 2.72. The molecule has 1 aromatic carbocycles. The molecule has 7 nitrogen and oxygen atoms in total. The van der Waals surface area contributed by atoms with E-state index in [0.717, 1.165) is 4.90 Å². The van der Waals surface area contributed by atoms with Gasteiger partial charge in [0.05, 0.1) is 6.54 Å². The van der Waals surface area contributed by atoms with Gasteiger partial charge in [0, 0.05) is 12.1 Å². The van der Waals surface area contributed by atoms with Crippen LogP contribution < -0.4 is 10.1 Å². The summed E-state index contributed by atoms with van der Waals surface area (Å²) in [6, 6.07) is 6.40. The lowest BCUT2D eigenvalue weighted by Gasteiger charge is -2.14.